The molecule has 7 heteroatoms. The minimum atomic E-state index is -0.672. The number of aryl methyl sites for hydroxylation is 1. The van der Waals surface area contributed by atoms with Crippen LogP contribution in [0.2, 0.25) is 0 Å². The second-order valence-electron chi connectivity index (χ2n) is 6.88. The van der Waals surface area contributed by atoms with Crippen molar-refractivity contribution in [1.29, 1.82) is 0 Å². The van der Waals surface area contributed by atoms with Crippen LogP contribution in [-0.2, 0) is 4.79 Å². The largest absolute Gasteiger partial charge is 0.497 e. The van der Waals surface area contributed by atoms with Crippen molar-refractivity contribution in [2.45, 2.75) is 26.8 Å². The summed E-state index contributed by atoms with van der Waals surface area (Å²) in [6.07, 6.45) is 0. The highest BCUT2D eigenvalue weighted by Crippen LogP contribution is 2.36. The van der Waals surface area contributed by atoms with Crippen molar-refractivity contribution in [2.24, 2.45) is 0 Å². The number of rotatable bonds is 5. The first-order valence-corrected chi connectivity index (χ1v) is 9.23. The molecule has 1 unspecified atom stereocenters. The van der Waals surface area contributed by atoms with Crippen molar-refractivity contribution >= 4 is 17.6 Å². The first kappa shape index (κ1) is 20.3. The van der Waals surface area contributed by atoms with Gasteiger partial charge in [-0.2, -0.15) is 0 Å². The summed E-state index contributed by atoms with van der Waals surface area (Å²) < 4.78 is 10.7. The number of carbonyl (C=O) groups is 2. The van der Waals surface area contributed by atoms with Crippen LogP contribution in [0.4, 0.5) is 10.5 Å². The second kappa shape index (κ2) is 8.26. The highest BCUT2D eigenvalue weighted by molar-refractivity contribution is 6.07. The molecule has 0 aliphatic carbocycles. The molecule has 3 amide bonds. The van der Waals surface area contributed by atoms with Crippen LogP contribution in [0, 0.1) is 13.8 Å². The van der Waals surface area contributed by atoms with Gasteiger partial charge in [0.1, 0.15) is 11.5 Å². The molecule has 1 aliphatic rings. The minimum absolute atomic E-state index is 0.299. The average molecular weight is 395 g/mol. The van der Waals surface area contributed by atoms with Crippen molar-refractivity contribution in [3.05, 3.63) is 64.4 Å². The Balaban J connectivity index is 2.02. The van der Waals surface area contributed by atoms with E-state index in [1.807, 2.05) is 32.0 Å². The van der Waals surface area contributed by atoms with E-state index in [4.69, 9.17) is 9.47 Å². The number of nitrogens with one attached hydrogen (secondary N) is 3. The van der Waals surface area contributed by atoms with Crippen LogP contribution in [0.25, 0.3) is 0 Å². The molecule has 3 N–H and O–H groups in total. The fraction of sp³-hybridized carbons (Fsp3) is 0.273. The Labute approximate surface area is 170 Å². The first-order chi connectivity index (χ1) is 13.8. The Bertz CT molecular complexity index is 998. The average Bonchev–Trinajstić information content (AvgIpc) is 2.70. The van der Waals surface area contributed by atoms with Gasteiger partial charge in [0.2, 0.25) is 0 Å². The number of amides is 3. The summed E-state index contributed by atoms with van der Waals surface area (Å²) in [5.41, 5.74) is 4.36. The number of hydrogen-bond donors (Lipinski definition) is 3. The van der Waals surface area contributed by atoms with Gasteiger partial charge in [0.15, 0.2) is 0 Å². The van der Waals surface area contributed by atoms with Gasteiger partial charge in [-0.25, -0.2) is 4.79 Å². The van der Waals surface area contributed by atoms with Crippen LogP contribution in [0.5, 0.6) is 11.5 Å². The molecule has 1 aliphatic heterocycles. The lowest BCUT2D eigenvalue weighted by atomic mass is 9.93. The van der Waals surface area contributed by atoms with Gasteiger partial charge in [0.25, 0.3) is 5.91 Å². The molecule has 0 saturated heterocycles. The van der Waals surface area contributed by atoms with Crippen LogP contribution in [0.1, 0.15) is 29.7 Å². The van der Waals surface area contributed by atoms with E-state index >= 15 is 0 Å². The number of hydrogen-bond acceptors (Lipinski definition) is 4. The number of urea groups is 1. The predicted octanol–water partition coefficient (Wildman–Crippen LogP) is 3.59. The Morgan fingerprint density at radius 1 is 1.07 bits per heavy atom. The van der Waals surface area contributed by atoms with E-state index in [0.29, 0.717) is 28.3 Å². The van der Waals surface area contributed by atoms with Gasteiger partial charge < -0.3 is 25.4 Å². The van der Waals surface area contributed by atoms with Crippen molar-refractivity contribution in [3.63, 3.8) is 0 Å². The van der Waals surface area contributed by atoms with Crippen molar-refractivity contribution in [2.75, 3.05) is 19.5 Å². The van der Waals surface area contributed by atoms with Crippen LogP contribution in [0.3, 0.4) is 0 Å². The van der Waals surface area contributed by atoms with Crippen molar-refractivity contribution in [3.8, 4) is 11.5 Å². The molecule has 152 valence electrons. The van der Waals surface area contributed by atoms with Crippen molar-refractivity contribution < 1.29 is 19.1 Å². The Morgan fingerprint density at radius 2 is 1.83 bits per heavy atom. The monoisotopic (exact) mass is 395 g/mol. The van der Waals surface area contributed by atoms with Gasteiger partial charge in [0.05, 0.1) is 25.8 Å². The summed E-state index contributed by atoms with van der Waals surface area (Å²) in [6.45, 7) is 5.65. The van der Waals surface area contributed by atoms with Gasteiger partial charge >= 0.3 is 6.03 Å². The first-order valence-electron chi connectivity index (χ1n) is 9.23. The Kier molecular flexibility index (Phi) is 5.77. The lowest BCUT2D eigenvalue weighted by Gasteiger charge is -2.29. The predicted molar refractivity (Wildman–Crippen MR) is 111 cm³/mol. The highest BCUT2D eigenvalue weighted by Gasteiger charge is 2.33. The molecule has 0 saturated carbocycles. The van der Waals surface area contributed by atoms with Gasteiger partial charge in [-0.05, 0) is 50.1 Å². The maximum atomic E-state index is 13.2. The molecule has 0 aromatic heterocycles. The molecule has 2 aromatic carbocycles. The van der Waals surface area contributed by atoms with Gasteiger partial charge in [-0.15, -0.1) is 0 Å². The van der Waals surface area contributed by atoms with E-state index in [9.17, 15) is 9.59 Å². The third kappa shape index (κ3) is 4.03. The quantitative estimate of drug-likeness (QED) is 0.722. The van der Waals surface area contributed by atoms with E-state index in [1.165, 1.54) is 7.11 Å². The summed E-state index contributed by atoms with van der Waals surface area (Å²) in [7, 11) is 3.10. The molecule has 2 aromatic rings. The van der Waals surface area contributed by atoms with Crippen molar-refractivity contribution in [1.82, 2.24) is 10.6 Å². The summed E-state index contributed by atoms with van der Waals surface area (Å²) in [6, 6.07) is 9.96. The standard InChI is InChI=1S/C22H25N3O4/c1-12-7-6-8-17(13(12)2)24-21(26)19-14(3)23-22(27)25-20(19)16-10-9-15(28-4)11-18(16)29-5/h6-11,20H,1-5H3,(H,24,26)(H2,23,25,27). The maximum absolute atomic E-state index is 13.2. The third-order valence-corrected chi connectivity index (χ3v) is 5.12. The summed E-state index contributed by atoms with van der Waals surface area (Å²) >= 11 is 0. The Hall–Kier alpha value is -3.48. The fourth-order valence-electron chi connectivity index (χ4n) is 3.36. The van der Waals surface area contributed by atoms with Gasteiger partial charge in [0, 0.05) is 23.0 Å². The van der Waals surface area contributed by atoms with E-state index in [-0.39, 0.29) is 11.9 Å². The van der Waals surface area contributed by atoms with Gasteiger partial charge in [-0.3, -0.25) is 4.79 Å². The zero-order chi connectivity index (χ0) is 21.1. The van der Waals surface area contributed by atoms with E-state index in [1.54, 1.807) is 32.2 Å². The molecule has 7 nitrogen and oxygen atoms in total. The molecule has 1 atom stereocenters. The normalized spacial score (nSPS) is 16.0. The molecular weight excluding hydrogens is 370 g/mol. The molecule has 3 rings (SSSR count). The van der Waals surface area contributed by atoms with Gasteiger partial charge in [-0.1, -0.05) is 12.1 Å². The number of methoxy groups -OCH3 is 2. The summed E-state index contributed by atoms with van der Waals surface area (Å²) in [4.78, 5) is 25.4. The topological polar surface area (TPSA) is 88.7 Å². The Morgan fingerprint density at radius 3 is 2.52 bits per heavy atom. The smallest absolute Gasteiger partial charge is 0.319 e. The van der Waals surface area contributed by atoms with E-state index in [0.717, 1.165) is 16.8 Å². The zero-order valence-electron chi connectivity index (χ0n) is 17.2. The lowest BCUT2D eigenvalue weighted by Crippen LogP contribution is -2.46. The minimum Gasteiger partial charge on any atom is -0.497 e. The third-order valence-electron chi connectivity index (χ3n) is 5.12. The lowest BCUT2D eigenvalue weighted by molar-refractivity contribution is -0.113. The molecule has 0 spiro atoms. The molecule has 0 bridgehead atoms. The van der Waals surface area contributed by atoms with E-state index in [2.05, 4.69) is 16.0 Å². The summed E-state index contributed by atoms with van der Waals surface area (Å²) in [5, 5.41) is 8.49. The number of allylic oxidation sites excluding steroid dienone is 1. The maximum Gasteiger partial charge on any atom is 0.319 e. The second-order valence-corrected chi connectivity index (χ2v) is 6.88. The zero-order valence-corrected chi connectivity index (χ0v) is 17.2. The van der Waals surface area contributed by atoms with E-state index < -0.39 is 6.04 Å². The molecule has 1 heterocycles. The van der Waals surface area contributed by atoms with Crippen LogP contribution in [0.15, 0.2) is 47.7 Å². The number of ether oxygens (including phenoxy) is 2. The molecule has 0 radical (unpaired) electrons. The van der Waals surface area contributed by atoms with Crippen LogP contribution in [-0.4, -0.2) is 26.2 Å². The molecule has 0 fully saturated rings. The number of carbonyl (C=O) groups excluding carboxylic acids is 2. The number of benzene rings is 2. The van der Waals surface area contributed by atoms with Crippen LogP contribution >= 0.6 is 0 Å². The summed E-state index contributed by atoms with van der Waals surface area (Å²) in [5.74, 6) is 0.834. The SMILES string of the molecule is COc1ccc(C2NC(=O)NC(C)=C2C(=O)Nc2cccc(C)c2C)c(OC)c1. The fourth-order valence-corrected chi connectivity index (χ4v) is 3.36. The molecule has 29 heavy (non-hydrogen) atoms. The molecular formula is C22H25N3O4. The van der Waals surface area contributed by atoms with Crippen LogP contribution < -0.4 is 25.4 Å². The highest BCUT2D eigenvalue weighted by atomic mass is 16.5. The number of anilines is 1.